The Hall–Kier alpha value is -2.23. The highest BCUT2D eigenvalue weighted by Crippen LogP contribution is 2.37. The molecule has 0 unspecified atom stereocenters. The predicted octanol–water partition coefficient (Wildman–Crippen LogP) is 6.12. The Balaban J connectivity index is 2.42. The second kappa shape index (κ2) is 7.79. The zero-order chi connectivity index (χ0) is 20.4. The molecule has 1 aromatic heterocycles. The van der Waals surface area contributed by atoms with Crippen LogP contribution in [0, 0.1) is 0 Å². The van der Waals surface area contributed by atoms with Gasteiger partial charge in [0.15, 0.2) is 5.69 Å². The Bertz CT molecular complexity index is 806. The molecule has 2 rings (SSSR count). The van der Waals surface area contributed by atoms with Gasteiger partial charge < -0.3 is 10.6 Å². The van der Waals surface area contributed by atoms with E-state index in [-0.39, 0.29) is 23.5 Å². The van der Waals surface area contributed by atoms with E-state index in [0.717, 1.165) is 6.07 Å². The summed E-state index contributed by atoms with van der Waals surface area (Å²) in [5.74, 6) is -0.592. The first-order valence-electron chi connectivity index (χ1n) is 7.76. The fourth-order valence-corrected chi connectivity index (χ4v) is 2.24. The molecule has 1 aromatic carbocycles. The monoisotopic (exact) mass is 412 g/mol. The molecule has 4 nitrogen and oxygen atoms in total. The van der Waals surface area contributed by atoms with E-state index in [1.807, 2.05) is 6.92 Å². The largest absolute Gasteiger partial charge is 0.433 e. The third-order valence-corrected chi connectivity index (χ3v) is 3.88. The Morgan fingerprint density at radius 1 is 1.04 bits per heavy atom. The topological polar surface area (TPSA) is 49.8 Å². The molecule has 11 heteroatoms. The predicted molar refractivity (Wildman–Crippen MR) is 90.1 cm³/mol. The lowest BCUT2D eigenvalue weighted by Crippen LogP contribution is -2.18. The number of benzene rings is 1. The van der Waals surface area contributed by atoms with Crippen molar-refractivity contribution in [1.29, 1.82) is 0 Å². The van der Waals surface area contributed by atoms with Gasteiger partial charge in [0.05, 0.1) is 10.6 Å². The van der Waals surface area contributed by atoms with Gasteiger partial charge in [-0.15, -0.1) is 0 Å². The number of hydrogen-bond donors (Lipinski definition) is 2. The van der Waals surface area contributed by atoms with Crippen LogP contribution in [0.2, 0.25) is 5.02 Å². The van der Waals surface area contributed by atoms with Crippen LogP contribution >= 0.6 is 11.6 Å². The van der Waals surface area contributed by atoms with Crippen molar-refractivity contribution in [2.24, 2.45) is 0 Å². The Kier molecular flexibility index (Phi) is 6.08. The van der Waals surface area contributed by atoms with Gasteiger partial charge in [-0.2, -0.15) is 31.3 Å². The van der Waals surface area contributed by atoms with Gasteiger partial charge in [0, 0.05) is 17.8 Å². The number of hydrogen-bond acceptors (Lipinski definition) is 4. The average molecular weight is 413 g/mol. The van der Waals surface area contributed by atoms with Crippen molar-refractivity contribution in [3.8, 4) is 0 Å². The van der Waals surface area contributed by atoms with Crippen molar-refractivity contribution >= 4 is 29.1 Å². The lowest BCUT2D eigenvalue weighted by atomic mass is 10.2. The standard InChI is InChI=1S/C16H15ClF6N4/c1-3-8(2)24-14-26-12(16(21,22)23)7-13(27-14)25-9-4-5-11(17)10(6-9)15(18,19)20/h4-8H,3H2,1-2H3,(H2,24,25,26,27)/t8-/m0/s1. The first-order chi connectivity index (χ1) is 12.4. The molecule has 1 atom stereocenters. The quantitative estimate of drug-likeness (QED) is 0.581. The summed E-state index contributed by atoms with van der Waals surface area (Å²) in [5, 5.41) is 4.63. The Morgan fingerprint density at radius 2 is 1.70 bits per heavy atom. The number of rotatable bonds is 5. The number of nitrogens with zero attached hydrogens (tertiary/aromatic N) is 2. The first-order valence-corrected chi connectivity index (χ1v) is 8.14. The molecule has 0 radical (unpaired) electrons. The first kappa shape index (κ1) is 21.1. The van der Waals surface area contributed by atoms with E-state index in [1.54, 1.807) is 6.92 Å². The van der Waals surface area contributed by atoms with Crippen molar-refractivity contribution in [2.75, 3.05) is 10.6 Å². The zero-order valence-corrected chi connectivity index (χ0v) is 14.9. The summed E-state index contributed by atoms with van der Waals surface area (Å²) in [4.78, 5) is 7.31. The van der Waals surface area contributed by atoms with Gasteiger partial charge in [-0.05, 0) is 31.5 Å². The van der Waals surface area contributed by atoms with Gasteiger partial charge in [-0.3, -0.25) is 0 Å². The van der Waals surface area contributed by atoms with Crippen molar-refractivity contribution in [1.82, 2.24) is 9.97 Å². The highest BCUT2D eigenvalue weighted by molar-refractivity contribution is 6.31. The molecule has 0 amide bonds. The van der Waals surface area contributed by atoms with Crippen LogP contribution in [-0.4, -0.2) is 16.0 Å². The molecule has 0 fully saturated rings. The summed E-state index contributed by atoms with van der Waals surface area (Å²) in [7, 11) is 0. The lowest BCUT2D eigenvalue weighted by molar-refractivity contribution is -0.141. The number of alkyl halides is 6. The van der Waals surface area contributed by atoms with E-state index >= 15 is 0 Å². The van der Waals surface area contributed by atoms with Gasteiger partial charge in [0.2, 0.25) is 5.95 Å². The summed E-state index contributed by atoms with van der Waals surface area (Å²) >= 11 is 5.54. The van der Waals surface area contributed by atoms with E-state index < -0.39 is 28.6 Å². The minimum absolute atomic E-state index is 0.118. The summed E-state index contributed by atoms with van der Waals surface area (Å²) in [6.07, 6.45) is -8.85. The maximum absolute atomic E-state index is 13.1. The number of aromatic nitrogens is 2. The number of halogens is 7. The third-order valence-electron chi connectivity index (χ3n) is 3.55. The second-order valence-corrected chi connectivity index (χ2v) is 6.14. The Labute approximate surface area is 156 Å². The van der Waals surface area contributed by atoms with Crippen molar-refractivity contribution < 1.29 is 26.3 Å². The van der Waals surface area contributed by atoms with Crippen molar-refractivity contribution in [3.05, 3.63) is 40.5 Å². The average Bonchev–Trinajstić information content (AvgIpc) is 2.54. The van der Waals surface area contributed by atoms with E-state index in [2.05, 4.69) is 20.6 Å². The van der Waals surface area contributed by atoms with Crippen LogP contribution in [0.25, 0.3) is 0 Å². The smallest absolute Gasteiger partial charge is 0.352 e. The summed E-state index contributed by atoms with van der Waals surface area (Å²) in [6, 6.07) is 3.31. The molecule has 0 saturated heterocycles. The van der Waals surface area contributed by atoms with Crippen LogP contribution in [0.15, 0.2) is 24.3 Å². The van der Waals surface area contributed by atoms with Gasteiger partial charge >= 0.3 is 12.4 Å². The molecular weight excluding hydrogens is 398 g/mol. The van der Waals surface area contributed by atoms with Crippen LogP contribution < -0.4 is 10.6 Å². The molecule has 0 aliphatic heterocycles. The van der Waals surface area contributed by atoms with Crippen LogP contribution in [0.5, 0.6) is 0 Å². The number of anilines is 3. The molecule has 0 bridgehead atoms. The van der Waals surface area contributed by atoms with Gasteiger partial charge in [-0.25, -0.2) is 4.98 Å². The van der Waals surface area contributed by atoms with Gasteiger partial charge in [0.1, 0.15) is 5.82 Å². The minimum atomic E-state index is -4.75. The SMILES string of the molecule is CC[C@H](C)Nc1nc(Nc2ccc(Cl)c(C(F)(F)F)c2)cc(C(F)(F)F)n1. The molecule has 0 aliphatic carbocycles. The third kappa shape index (κ3) is 5.62. The second-order valence-electron chi connectivity index (χ2n) is 5.73. The molecule has 1 heterocycles. The summed E-state index contributed by atoms with van der Waals surface area (Å²) in [5.41, 5.74) is -2.46. The van der Waals surface area contributed by atoms with Crippen molar-refractivity contribution in [3.63, 3.8) is 0 Å². The van der Waals surface area contributed by atoms with Crippen LogP contribution in [0.4, 0.5) is 43.8 Å². The normalized spacial score (nSPS) is 13.4. The van der Waals surface area contributed by atoms with Crippen LogP contribution in [0.3, 0.4) is 0 Å². The molecular formula is C16H15ClF6N4. The fraction of sp³-hybridized carbons (Fsp3) is 0.375. The summed E-state index contributed by atoms with van der Waals surface area (Å²) in [6.45, 7) is 3.54. The Morgan fingerprint density at radius 3 is 2.26 bits per heavy atom. The lowest BCUT2D eigenvalue weighted by Gasteiger charge is -2.16. The molecule has 27 heavy (non-hydrogen) atoms. The van der Waals surface area contributed by atoms with Crippen molar-refractivity contribution in [2.45, 2.75) is 38.7 Å². The molecule has 0 aliphatic rings. The molecule has 148 valence electrons. The van der Waals surface area contributed by atoms with Crippen LogP contribution in [0.1, 0.15) is 31.5 Å². The summed E-state index contributed by atoms with van der Waals surface area (Å²) < 4.78 is 78.0. The van der Waals surface area contributed by atoms with E-state index in [0.29, 0.717) is 18.6 Å². The van der Waals surface area contributed by atoms with E-state index in [4.69, 9.17) is 11.6 Å². The highest BCUT2D eigenvalue weighted by atomic mass is 35.5. The van der Waals surface area contributed by atoms with E-state index in [9.17, 15) is 26.3 Å². The zero-order valence-electron chi connectivity index (χ0n) is 14.1. The van der Waals surface area contributed by atoms with E-state index in [1.165, 1.54) is 6.07 Å². The fourth-order valence-electron chi connectivity index (χ4n) is 2.01. The highest BCUT2D eigenvalue weighted by Gasteiger charge is 2.35. The maximum Gasteiger partial charge on any atom is 0.433 e. The minimum Gasteiger partial charge on any atom is -0.352 e. The molecule has 2 N–H and O–H groups in total. The van der Waals surface area contributed by atoms with Crippen LogP contribution in [-0.2, 0) is 12.4 Å². The number of nitrogens with one attached hydrogen (secondary N) is 2. The van der Waals surface area contributed by atoms with Gasteiger partial charge in [0.25, 0.3) is 0 Å². The molecule has 0 saturated carbocycles. The maximum atomic E-state index is 13.1. The molecule has 0 spiro atoms. The molecule has 2 aromatic rings. The van der Waals surface area contributed by atoms with Gasteiger partial charge in [-0.1, -0.05) is 18.5 Å².